The number of hydrogen-bond donors (Lipinski definition) is 2. The van der Waals surface area contributed by atoms with Gasteiger partial charge in [-0.15, -0.1) is 34.2 Å². The Hall–Kier alpha value is -0.900. The second-order valence-electron chi connectivity index (χ2n) is 4.27. The van der Waals surface area contributed by atoms with Gasteiger partial charge in [0, 0.05) is 46.3 Å². The highest BCUT2D eigenvalue weighted by atomic mass is 127. The molecule has 122 valence electrons. The predicted molar refractivity (Wildman–Crippen MR) is 95.3 cm³/mol. The quantitative estimate of drug-likeness (QED) is 0.276. The van der Waals surface area contributed by atoms with Crippen LogP contribution in [0, 0.1) is 0 Å². The number of guanidine groups is 1. The van der Waals surface area contributed by atoms with Gasteiger partial charge < -0.3 is 19.9 Å². The Morgan fingerprint density at radius 1 is 1.33 bits per heavy atom. The first-order valence-electron chi connectivity index (χ1n) is 7.20. The number of aryl methyl sites for hydroxylation is 1. The fourth-order valence-electron chi connectivity index (χ4n) is 1.78. The molecule has 0 fully saturated rings. The molecule has 0 aliphatic heterocycles. The van der Waals surface area contributed by atoms with Crippen molar-refractivity contribution >= 4 is 29.9 Å². The van der Waals surface area contributed by atoms with E-state index in [0.717, 1.165) is 57.5 Å². The minimum Gasteiger partial charge on any atom is -0.382 e. The maximum Gasteiger partial charge on any atom is 0.191 e. The molecule has 0 spiro atoms. The van der Waals surface area contributed by atoms with Gasteiger partial charge >= 0.3 is 0 Å². The van der Waals surface area contributed by atoms with Crippen LogP contribution < -0.4 is 10.6 Å². The summed E-state index contributed by atoms with van der Waals surface area (Å²) in [5, 5.41) is 14.5. The predicted octanol–water partition coefficient (Wildman–Crippen LogP) is 1.05. The molecule has 0 aromatic carbocycles. The Morgan fingerprint density at radius 2 is 2.10 bits per heavy atom. The van der Waals surface area contributed by atoms with Crippen LogP contribution >= 0.6 is 24.0 Å². The van der Waals surface area contributed by atoms with Gasteiger partial charge in [0.25, 0.3) is 0 Å². The first-order valence-corrected chi connectivity index (χ1v) is 7.20. The first kappa shape index (κ1) is 20.1. The van der Waals surface area contributed by atoms with E-state index in [1.807, 2.05) is 6.92 Å². The highest BCUT2D eigenvalue weighted by molar-refractivity contribution is 14.0. The van der Waals surface area contributed by atoms with Crippen molar-refractivity contribution in [3.63, 3.8) is 0 Å². The zero-order chi connectivity index (χ0) is 14.6. The second kappa shape index (κ2) is 12.8. The van der Waals surface area contributed by atoms with Gasteiger partial charge in [-0.05, 0) is 13.3 Å². The van der Waals surface area contributed by atoms with Gasteiger partial charge in [-0.25, -0.2) is 0 Å². The van der Waals surface area contributed by atoms with Crippen molar-refractivity contribution in [1.29, 1.82) is 0 Å². The maximum atomic E-state index is 5.29. The normalized spacial score (nSPS) is 11.1. The van der Waals surface area contributed by atoms with E-state index < -0.39 is 0 Å². The molecule has 0 atom stereocenters. The zero-order valence-corrected chi connectivity index (χ0v) is 15.5. The van der Waals surface area contributed by atoms with Crippen LogP contribution in [0.25, 0.3) is 0 Å². The third kappa shape index (κ3) is 8.20. The highest BCUT2D eigenvalue weighted by Gasteiger charge is 2.01. The van der Waals surface area contributed by atoms with Crippen LogP contribution in [-0.4, -0.2) is 54.1 Å². The van der Waals surface area contributed by atoms with E-state index in [-0.39, 0.29) is 24.0 Å². The molecule has 1 aromatic rings. The highest BCUT2D eigenvalue weighted by Crippen LogP contribution is 1.94. The summed E-state index contributed by atoms with van der Waals surface area (Å²) >= 11 is 0. The number of ether oxygens (including phenoxy) is 1. The topological polar surface area (TPSA) is 76.4 Å². The molecule has 8 heteroatoms. The van der Waals surface area contributed by atoms with Crippen molar-refractivity contribution < 1.29 is 4.74 Å². The van der Waals surface area contributed by atoms with Crippen molar-refractivity contribution in [3.05, 3.63) is 12.2 Å². The molecule has 2 N–H and O–H groups in total. The average Bonchev–Trinajstić information content (AvgIpc) is 2.92. The largest absolute Gasteiger partial charge is 0.382 e. The number of nitrogens with one attached hydrogen (secondary N) is 2. The van der Waals surface area contributed by atoms with Crippen LogP contribution in [0.2, 0.25) is 0 Å². The fraction of sp³-hybridized carbons (Fsp3) is 0.769. The lowest BCUT2D eigenvalue weighted by Gasteiger charge is -2.12. The molecule has 0 saturated carbocycles. The molecule has 0 radical (unpaired) electrons. The lowest BCUT2D eigenvalue weighted by atomic mass is 10.4. The summed E-state index contributed by atoms with van der Waals surface area (Å²) in [7, 11) is 1.77. The van der Waals surface area contributed by atoms with Crippen molar-refractivity contribution in [2.45, 2.75) is 33.2 Å². The minimum atomic E-state index is 0. The van der Waals surface area contributed by atoms with Crippen LogP contribution in [0.3, 0.4) is 0 Å². The molecule has 0 bridgehead atoms. The Bertz CT molecular complexity index is 396. The van der Waals surface area contributed by atoms with E-state index in [0.29, 0.717) is 0 Å². The monoisotopic (exact) mass is 410 g/mol. The molecular weight excluding hydrogens is 383 g/mol. The smallest absolute Gasteiger partial charge is 0.191 e. The summed E-state index contributed by atoms with van der Waals surface area (Å²) < 4.78 is 7.34. The number of aromatic nitrogens is 3. The standard InChI is InChI=1S/C13H26N6O.HI/c1-4-12-18-17-11-19(12)9-8-16-13(14-3)15-7-6-10-20-5-2;/h11H,4-10H2,1-3H3,(H2,14,15,16);1H. The molecule has 7 nitrogen and oxygen atoms in total. The minimum absolute atomic E-state index is 0. The molecule has 0 amide bonds. The van der Waals surface area contributed by atoms with Crippen LogP contribution in [0.1, 0.15) is 26.1 Å². The summed E-state index contributed by atoms with van der Waals surface area (Å²) in [6, 6.07) is 0. The van der Waals surface area contributed by atoms with Crippen molar-refractivity contribution in [2.24, 2.45) is 4.99 Å². The van der Waals surface area contributed by atoms with E-state index >= 15 is 0 Å². The Balaban J connectivity index is 0.00000400. The summed E-state index contributed by atoms with van der Waals surface area (Å²) in [4.78, 5) is 4.18. The third-order valence-electron chi connectivity index (χ3n) is 2.84. The summed E-state index contributed by atoms with van der Waals surface area (Å²) in [5.41, 5.74) is 0. The van der Waals surface area contributed by atoms with Gasteiger partial charge in [-0.3, -0.25) is 4.99 Å². The van der Waals surface area contributed by atoms with E-state index in [2.05, 4.69) is 37.3 Å². The SMILES string of the molecule is CCOCCCNC(=NC)NCCn1cnnc1CC.I. The van der Waals surface area contributed by atoms with Gasteiger partial charge in [-0.1, -0.05) is 6.92 Å². The van der Waals surface area contributed by atoms with Crippen molar-refractivity contribution in [2.75, 3.05) is 33.4 Å². The van der Waals surface area contributed by atoms with E-state index in [4.69, 9.17) is 4.74 Å². The summed E-state index contributed by atoms with van der Waals surface area (Å²) in [5.74, 6) is 1.82. The van der Waals surface area contributed by atoms with E-state index in [1.165, 1.54) is 0 Å². The lowest BCUT2D eigenvalue weighted by Crippen LogP contribution is -2.39. The van der Waals surface area contributed by atoms with Crippen LogP contribution in [0.4, 0.5) is 0 Å². The summed E-state index contributed by atoms with van der Waals surface area (Å²) in [6.45, 7) is 8.10. The number of hydrogen-bond acceptors (Lipinski definition) is 4. The van der Waals surface area contributed by atoms with Gasteiger partial charge in [0.15, 0.2) is 5.96 Å². The van der Waals surface area contributed by atoms with E-state index in [1.54, 1.807) is 13.4 Å². The van der Waals surface area contributed by atoms with Gasteiger partial charge in [0.2, 0.25) is 0 Å². The fourth-order valence-corrected chi connectivity index (χ4v) is 1.78. The van der Waals surface area contributed by atoms with Crippen LogP contribution in [0.15, 0.2) is 11.3 Å². The number of halogens is 1. The molecule has 21 heavy (non-hydrogen) atoms. The Labute approximate surface area is 144 Å². The number of nitrogens with zero attached hydrogens (tertiary/aromatic N) is 4. The molecule has 1 heterocycles. The first-order chi connectivity index (χ1) is 9.81. The number of aliphatic imine (C=N–C) groups is 1. The molecule has 0 saturated heterocycles. The molecule has 1 rings (SSSR count). The second-order valence-corrected chi connectivity index (χ2v) is 4.27. The van der Waals surface area contributed by atoms with Gasteiger partial charge in [0.1, 0.15) is 12.2 Å². The average molecular weight is 410 g/mol. The lowest BCUT2D eigenvalue weighted by molar-refractivity contribution is 0.145. The molecule has 0 unspecified atom stereocenters. The molecule has 0 aliphatic carbocycles. The molecular formula is C13H27IN6O. The van der Waals surface area contributed by atoms with Crippen LogP contribution in [-0.2, 0) is 17.7 Å². The maximum absolute atomic E-state index is 5.29. The van der Waals surface area contributed by atoms with Gasteiger partial charge in [-0.2, -0.15) is 0 Å². The Kier molecular flexibility index (Phi) is 12.3. The molecule has 1 aromatic heterocycles. The summed E-state index contributed by atoms with van der Waals surface area (Å²) in [6.07, 6.45) is 3.63. The zero-order valence-electron chi connectivity index (χ0n) is 13.1. The third-order valence-corrected chi connectivity index (χ3v) is 2.84. The number of rotatable bonds is 9. The van der Waals surface area contributed by atoms with E-state index in [9.17, 15) is 0 Å². The molecule has 0 aliphatic rings. The van der Waals surface area contributed by atoms with Crippen molar-refractivity contribution in [1.82, 2.24) is 25.4 Å². The van der Waals surface area contributed by atoms with Crippen molar-refractivity contribution in [3.8, 4) is 0 Å². The van der Waals surface area contributed by atoms with Gasteiger partial charge in [0.05, 0.1) is 0 Å². The Morgan fingerprint density at radius 3 is 2.76 bits per heavy atom. The van der Waals surface area contributed by atoms with Crippen LogP contribution in [0.5, 0.6) is 0 Å².